The highest BCUT2D eigenvalue weighted by Crippen LogP contribution is 2.27. The van der Waals surface area contributed by atoms with Crippen molar-refractivity contribution in [3.8, 4) is 5.88 Å². The van der Waals surface area contributed by atoms with Gasteiger partial charge < -0.3 is 10.1 Å². The van der Waals surface area contributed by atoms with Gasteiger partial charge in [-0.25, -0.2) is 4.98 Å². The molecule has 0 spiro atoms. The molecule has 18 heavy (non-hydrogen) atoms. The van der Waals surface area contributed by atoms with Crippen molar-refractivity contribution in [1.82, 2.24) is 10.3 Å². The van der Waals surface area contributed by atoms with Crippen LogP contribution >= 0.6 is 0 Å². The molecule has 0 saturated heterocycles. The van der Waals surface area contributed by atoms with Crippen LogP contribution < -0.4 is 10.1 Å². The van der Waals surface area contributed by atoms with Crippen molar-refractivity contribution >= 4 is 0 Å². The number of nitrogens with zero attached hydrogens (tertiary/aromatic N) is 1. The Hall–Kier alpha value is -1.87. The minimum Gasteiger partial charge on any atom is -0.481 e. The van der Waals surface area contributed by atoms with E-state index in [1.165, 1.54) is 11.1 Å². The highest BCUT2D eigenvalue weighted by atomic mass is 16.5. The zero-order valence-corrected chi connectivity index (χ0v) is 11.0. The Balaban J connectivity index is 2.41. The molecular formula is C15H18N2O. The lowest BCUT2D eigenvalue weighted by molar-refractivity contribution is 0.388. The van der Waals surface area contributed by atoms with Gasteiger partial charge in [0.1, 0.15) is 0 Å². The molecular weight excluding hydrogens is 224 g/mol. The fraction of sp³-hybridized carbons (Fsp3) is 0.267. The van der Waals surface area contributed by atoms with Crippen LogP contribution in [-0.2, 0) is 0 Å². The number of hydrogen-bond acceptors (Lipinski definition) is 3. The number of methoxy groups -OCH3 is 1. The smallest absolute Gasteiger partial charge is 0.218 e. The largest absolute Gasteiger partial charge is 0.481 e. The summed E-state index contributed by atoms with van der Waals surface area (Å²) >= 11 is 0. The third-order valence-corrected chi connectivity index (χ3v) is 3.00. The van der Waals surface area contributed by atoms with Gasteiger partial charge in [0.05, 0.1) is 13.2 Å². The molecule has 0 radical (unpaired) electrons. The van der Waals surface area contributed by atoms with E-state index in [9.17, 15) is 0 Å². The second-order valence-corrected chi connectivity index (χ2v) is 4.23. The SMILES string of the molecule is CNC(c1ccc(C)cc1)c1cccnc1OC. The Morgan fingerprint density at radius 2 is 1.89 bits per heavy atom. The Kier molecular flexibility index (Phi) is 3.95. The quantitative estimate of drug-likeness (QED) is 0.895. The molecule has 1 N–H and O–H groups in total. The van der Waals surface area contributed by atoms with Gasteiger partial charge in [0.25, 0.3) is 0 Å². The highest BCUT2D eigenvalue weighted by Gasteiger charge is 2.16. The molecule has 0 fully saturated rings. The normalized spacial score (nSPS) is 12.2. The van der Waals surface area contributed by atoms with E-state index in [0.29, 0.717) is 5.88 Å². The lowest BCUT2D eigenvalue weighted by Crippen LogP contribution is -2.18. The van der Waals surface area contributed by atoms with Crippen LogP contribution in [0.3, 0.4) is 0 Å². The maximum atomic E-state index is 5.32. The molecule has 0 aliphatic heterocycles. The number of benzene rings is 1. The van der Waals surface area contributed by atoms with Crippen LogP contribution in [0.2, 0.25) is 0 Å². The second-order valence-electron chi connectivity index (χ2n) is 4.23. The molecule has 94 valence electrons. The summed E-state index contributed by atoms with van der Waals surface area (Å²) in [4.78, 5) is 4.25. The lowest BCUT2D eigenvalue weighted by atomic mass is 9.99. The van der Waals surface area contributed by atoms with Crippen LogP contribution in [0.5, 0.6) is 5.88 Å². The number of aryl methyl sites for hydroxylation is 1. The average molecular weight is 242 g/mol. The van der Waals surface area contributed by atoms with Crippen molar-refractivity contribution in [1.29, 1.82) is 0 Å². The van der Waals surface area contributed by atoms with Crippen molar-refractivity contribution in [2.75, 3.05) is 14.2 Å². The maximum absolute atomic E-state index is 5.32. The first-order chi connectivity index (χ1) is 8.76. The summed E-state index contributed by atoms with van der Waals surface area (Å²) in [5.74, 6) is 0.664. The number of ether oxygens (including phenoxy) is 1. The molecule has 3 nitrogen and oxygen atoms in total. The zero-order valence-electron chi connectivity index (χ0n) is 11.0. The van der Waals surface area contributed by atoms with Gasteiger partial charge in [-0.3, -0.25) is 0 Å². The van der Waals surface area contributed by atoms with Gasteiger partial charge in [0, 0.05) is 11.8 Å². The molecule has 2 rings (SSSR count). The van der Waals surface area contributed by atoms with Gasteiger partial charge in [-0.1, -0.05) is 35.9 Å². The van der Waals surface area contributed by atoms with Gasteiger partial charge >= 0.3 is 0 Å². The molecule has 1 aromatic carbocycles. The molecule has 0 bridgehead atoms. The van der Waals surface area contributed by atoms with Crippen LogP contribution in [0.25, 0.3) is 0 Å². The fourth-order valence-electron chi connectivity index (χ4n) is 2.05. The van der Waals surface area contributed by atoms with E-state index in [2.05, 4.69) is 41.5 Å². The summed E-state index contributed by atoms with van der Waals surface area (Å²) < 4.78 is 5.32. The van der Waals surface area contributed by atoms with Gasteiger partial charge in [0.2, 0.25) is 5.88 Å². The number of nitrogens with one attached hydrogen (secondary N) is 1. The van der Waals surface area contributed by atoms with E-state index in [-0.39, 0.29) is 6.04 Å². The molecule has 1 unspecified atom stereocenters. The first-order valence-corrected chi connectivity index (χ1v) is 5.99. The molecule has 0 saturated carbocycles. The van der Waals surface area contributed by atoms with Gasteiger partial charge in [-0.15, -0.1) is 0 Å². The predicted octanol–water partition coefficient (Wildman–Crippen LogP) is 2.71. The standard InChI is InChI=1S/C15H18N2O/c1-11-6-8-12(9-7-11)14(16-2)13-5-4-10-17-15(13)18-3/h4-10,14,16H,1-3H3. The number of pyridine rings is 1. The van der Waals surface area contributed by atoms with E-state index >= 15 is 0 Å². The van der Waals surface area contributed by atoms with E-state index in [1.54, 1.807) is 13.3 Å². The third-order valence-electron chi connectivity index (χ3n) is 3.00. The minimum atomic E-state index is 0.0919. The first-order valence-electron chi connectivity index (χ1n) is 5.99. The van der Waals surface area contributed by atoms with Crippen LogP contribution in [0.15, 0.2) is 42.6 Å². The first kappa shape index (κ1) is 12.6. The van der Waals surface area contributed by atoms with E-state index in [0.717, 1.165) is 5.56 Å². The number of aromatic nitrogens is 1. The van der Waals surface area contributed by atoms with Crippen molar-refractivity contribution in [2.45, 2.75) is 13.0 Å². The summed E-state index contributed by atoms with van der Waals surface area (Å²) in [5, 5.41) is 3.31. The highest BCUT2D eigenvalue weighted by molar-refractivity contribution is 5.38. The van der Waals surface area contributed by atoms with E-state index < -0.39 is 0 Å². The number of hydrogen-bond donors (Lipinski definition) is 1. The third kappa shape index (κ3) is 2.51. The molecule has 3 heteroatoms. The van der Waals surface area contributed by atoms with Gasteiger partial charge in [-0.2, -0.15) is 0 Å². The Morgan fingerprint density at radius 1 is 1.17 bits per heavy atom. The van der Waals surface area contributed by atoms with E-state index in [4.69, 9.17) is 4.74 Å². The molecule has 0 aliphatic carbocycles. The zero-order chi connectivity index (χ0) is 13.0. The predicted molar refractivity (Wildman–Crippen MR) is 72.9 cm³/mol. The van der Waals surface area contributed by atoms with Crippen LogP contribution in [0, 0.1) is 6.92 Å². The molecule has 1 aromatic heterocycles. The van der Waals surface area contributed by atoms with Gasteiger partial charge in [-0.05, 0) is 25.6 Å². The fourth-order valence-corrected chi connectivity index (χ4v) is 2.05. The minimum absolute atomic E-state index is 0.0919. The van der Waals surface area contributed by atoms with Crippen molar-refractivity contribution in [3.63, 3.8) is 0 Å². The topological polar surface area (TPSA) is 34.2 Å². The second kappa shape index (κ2) is 5.65. The molecule has 1 heterocycles. The van der Waals surface area contributed by atoms with Crippen molar-refractivity contribution in [3.05, 3.63) is 59.3 Å². The molecule has 2 aromatic rings. The van der Waals surface area contributed by atoms with Crippen LogP contribution in [0.4, 0.5) is 0 Å². The monoisotopic (exact) mass is 242 g/mol. The van der Waals surface area contributed by atoms with Crippen LogP contribution in [-0.4, -0.2) is 19.1 Å². The Bertz CT molecular complexity index is 508. The number of rotatable bonds is 4. The van der Waals surface area contributed by atoms with Crippen LogP contribution in [0.1, 0.15) is 22.7 Å². The Morgan fingerprint density at radius 3 is 2.50 bits per heavy atom. The maximum Gasteiger partial charge on any atom is 0.218 e. The summed E-state index contributed by atoms with van der Waals surface area (Å²) in [5.41, 5.74) is 3.51. The summed E-state index contributed by atoms with van der Waals surface area (Å²) in [7, 11) is 3.59. The molecule has 1 atom stereocenters. The summed E-state index contributed by atoms with van der Waals surface area (Å²) in [6, 6.07) is 12.5. The molecule has 0 amide bonds. The average Bonchev–Trinajstić information content (AvgIpc) is 2.42. The Labute approximate surface area is 108 Å². The van der Waals surface area contributed by atoms with Gasteiger partial charge in [0.15, 0.2) is 0 Å². The summed E-state index contributed by atoms with van der Waals surface area (Å²) in [6.45, 7) is 2.09. The van der Waals surface area contributed by atoms with E-state index in [1.807, 2.05) is 19.2 Å². The van der Waals surface area contributed by atoms with Crippen molar-refractivity contribution in [2.24, 2.45) is 0 Å². The molecule has 0 aliphatic rings. The summed E-state index contributed by atoms with van der Waals surface area (Å²) in [6.07, 6.45) is 1.74. The van der Waals surface area contributed by atoms with Crippen molar-refractivity contribution < 1.29 is 4.74 Å². The lowest BCUT2D eigenvalue weighted by Gasteiger charge is -2.19.